The Morgan fingerprint density at radius 2 is 1.17 bits per heavy atom. The zero-order valence-corrected chi connectivity index (χ0v) is 33.0. The molecule has 3 atom stereocenters. The molecule has 6 aliphatic heterocycles. The summed E-state index contributed by atoms with van der Waals surface area (Å²) in [5.41, 5.74) is 0.456. The number of amides is 4. The molecule has 0 radical (unpaired) electrons. The molecule has 1 unspecified atom stereocenters. The van der Waals surface area contributed by atoms with E-state index in [2.05, 4.69) is 33.9 Å². The van der Waals surface area contributed by atoms with Crippen molar-refractivity contribution < 1.29 is 33.4 Å². The molecule has 2 saturated carbocycles. The minimum Gasteiger partial charge on any atom is -0.450 e. The van der Waals surface area contributed by atoms with E-state index >= 15 is 0 Å². The van der Waals surface area contributed by atoms with Gasteiger partial charge < -0.3 is 39.3 Å². The van der Waals surface area contributed by atoms with E-state index in [9.17, 15) is 24.0 Å². The molecule has 8 rings (SSSR count). The number of carbonyl (C=O) groups is 5. The van der Waals surface area contributed by atoms with Crippen molar-refractivity contribution in [2.24, 2.45) is 10.8 Å². The number of nitrogens with one attached hydrogen (secondary N) is 1. The van der Waals surface area contributed by atoms with Gasteiger partial charge in [0.2, 0.25) is 11.8 Å². The van der Waals surface area contributed by atoms with Gasteiger partial charge in [0, 0.05) is 106 Å². The number of likely N-dealkylation sites (tertiary alicyclic amines) is 5. The van der Waals surface area contributed by atoms with Crippen LogP contribution in [0.25, 0.3) is 0 Å². The van der Waals surface area contributed by atoms with Crippen LogP contribution in [0.2, 0.25) is 0 Å². The largest absolute Gasteiger partial charge is 0.450 e. The van der Waals surface area contributed by atoms with Crippen molar-refractivity contribution in [3.8, 4) is 0 Å². The first kappa shape index (κ1) is 42.2. The molecule has 8 fully saturated rings. The lowest BCUT2D eigenvalue weighted by Crippen LogP contribution is -2.58. The van der Waals surface area contributed by atoms with E-state index in [0.717, 1.165) is 97.1 Å². The fraction of sp³-hybridized carbons (Fsp3) is 0.878. The maximum absolute atomic E-state index is 12.2. The minimum atomic E-state index is -0.238. The Balaban J connectivity index is 0.000000169. The molecule has 8 aliphatic rings. The molecule has 0 aromatic rings. The molecule has 4 amide bonds. The fourth-order valence-corrected chi connectivity index (χ4v) is 10.7. The summed E-state index contributed by atoms with van der Waals surface area (Å²) >= 11 is 0. The van der Waals surface area contributed by atoms with Gasteiger partial charge in [0.15, 0.2) is 0 Å². The Kier molecular flexibility index (Phi) is 14.3. The predicted octanol–water partition coefficient (Wildman–Crippen LogP) is 5.06. The first-order chi connectivity index (χ1) is 25.4. The molecule has 1 N–H and O–H groups in total. The first-order valence-corrected chi connectivity index (χ1v) is 20.9. The van der Waals surface area contributed by atoms with Crippen molar-refractivity contribution in [3.63, 3.8) is 0 Å². The second kappa shape index (κ2) is 18.3. The van der Waals surface area contributed by atoms with Crippen LogP contribution in [0.15, 0.2) is 0 Å². The summed E-state index contributed by atoms with van der Waals surface area (Å²) in [5.74, 6) is 1.08. The van der Waals surface area contributed by atoms with Crippen LogP contribution >= 0.6 is 0 Å². The molecule has 2 aliphatic carbocycles. The number of carbonyl (C=O) groups excluding carboxylic acids is 5. The van der Waals surface area contributed by atoms with Crippen LogP contribution < -0.4 is 5.32 Å². The van der Waals surface area contributed by atoms with Crippen LogP contribution in [0.5, 0.6) is 0 Å². The van der Waals surface area contributed by atoms with Gasteiger partial charge in [-0.25, -0.2) is 9.59 Å². The molecular formula is C41H70N6O7. The van der Waals surface area contributed by atoms with E-state index in [4.69, 9.17) is 9.47 Å². The van der Waals surface area contributed by atoms with Crippen molar-refractivity contribution >= 4 is 29.8 Å². The summed E-state index contributed by atoms with van der Waals surface area (Å²) in [6.45, 7) is 16.4. The molecule has 0 aromatic carbocycles. The average molecular weight is 759 g/mol. The molecule has 6 heterocycles. The highest BCUT2D eigenvalue weighted by Gasteiger charge is 2.52. The smallest absolute Gasteiger partial charge is 0.409 e. The minimum absolute atomic E-state index is 0. The number of ether oxygens (including phenoxy) is 2. The normalized spacial score (nSPS) is 29.3. The van der Waals surface area contributed by atoms with Gasteiger partial charge in [-0.2, -0.15) is 0 Å². The Morgan fingerprint density at radius 3 is 1.61 bits per heavy atom. The number of hydrogen-bond acceptors (Lipinski definition) is 9. The van der Waals surface area contributed by atoms with Gasteiger partial charge in [-0.1, -0.05) is 7.43 Å². The second-order valence-corrected chi connectivity index (χ2v) is 17.3. The fourth-order valence-electron chi connectivity index (χ4n) is 10.7. The van der Waals surface area contributed by atoms with Crippen molar-refractivity contribution in [2.75, 3.05) is 65.6 Å². The Bertz CT molecular complexity index is 1320. The van der Waals surface area contributed by atoms with Crippen molar-refractivity contribution in [3.05, 3.63) is 0 Å². The number of nitrogens with zero attached hydrogens (tertiary/aromatic N) is 5. The Morgan fingerprint density at radius 1 is 0.667 bits per heavy atom. The molecule has 0 aromatic heterocycles. The standard InChI is InChI=1S/C20H33N3O3.C10H18N2O.C10H15NO3.CH4/c1-3-26-19(25)22-13-20(14-22)9-6-17(12-20)21-10-7-16(8-11-21)23-15(2)4-5-18(23)24;1-8-2-3-10(13)12(8)9-4-6-11-7-5-9;1-2-14-9(13)11-6-10(7-11)4-3-8(12)5-10;/h15-17H,3-14H2,1-2H3;8-9,11H,2-7H2,1H3;2-7H2,1H3;1H4/t15-,17?;8-;;/m00../s1. The van der Waals surface area contributed by atoms with Crippen LogP contribution in [0, 0.1) is 10.8 Å². The van der Waals surface area contributed by atoms with Gasteiger partial charge in [0.1, 0.15) is 5.78 Å². The Hall–Kier alpha value is -2.93. The van der Waals surface area contributed by atoms with E-state index < -0.39 is 0 Å². The summed E-state index contributed by atoms with van der Waals surface area (Å²) in [6, 6.07) is 2.54. The second-order valence-electron chi connectivity index (χ2n) is 17.3. The molecule has 13 nitrogen and oxygen atoms in total. The summed E-state index contributed by atoms with van der Waals surface area (Å²) in [7, 11) is 0. The van der Waals surface area contributed by atoms with E-state index in [1.165, 1.54) is 19.3 Å². The van der Waals surface area contributed by atoms with Crippen LogP contribution in [0.4, 0.5) is 9.59 Å². The lowest BCUT2D eigenvalue weighted by molar-refractivity contribution is -0.132. The third-order valence-electron chi connectivity index (χ3n) is 13.5. The Labute approximate surface area is 324 Å². The van der Waals surface area contributed by atoms with Crippen molar-refractivity contribution in [1.29, 1.82) is 0 Å². The van der Waals surface area contributed by atoms with Crippen LogP contribution in [0.3, 0.4) is 0 Å². The molecule has 2 spiro atoms. The predicted molar refractivity (Wildman–Crippen MR) is 207 cm³/mol. The van der Waals surface area contributed by atoms with E-state index in [1.54, 1.807) is 11.8 Å². The zero-order valence-electron chi connectivity index (χ0n) is 33.0. The number of piperidine rings is 2. The number of ketones is 1. The van der Waals surface area contributed by atoms with Gasteiger partial charge in [0.25, 0.3) is 0 Å². The van der Waals surface area contributed by atoms with E-state index in [-0.39, 0.29) is 25.0 Å². The third kappa shape index (κ3) is 9.53. The third-order valence-corrected chi connectivity index (χ3v) is 13.5. The number of Topliss-reactive ketones (excluding diaryl/α,β-unsaturated/α-hetero) is 1. The van der Waals surface area contributed by atoms with Gasteiger partial charge >= 0.3 is 12.2 Å². The lowest BCUT2D eigenvalue weighted by atomic mass is 9.78. The monoisotopic (exact) mass is 759 g/mol. The highest BCUT2D eigenvalue weighted by molar-refractivity contribution is 5.82. The van der Waals surface area contributed by atoms with Crippen molar-refractivity contribution in [1.82, 2.24) is 29.8 Å². The quantitative estimate of drug-likeness (QED) is 0.409. The topological polar surface area (TPSA) is 132 Å². The SMILES string of the molecule is C.CCOC(=O)N1CC2(CCC(=O)C2)C1.CCOC(=O)N1CC2(CCC(N3CCC(N4C(=O)CC[C@@H]4C)CC3)C2)C1.C[C@H]1CCC(=O)N1C1CCNCC1. The van der Waals surface area contributed by atoms with E-state index in [0.29, 0.717) is 92.4 Å². The van der Waals surface area contributed by atoms with Crippen molar-refractivity contribution in [2.45, 2.75) is 155 Å². The van der Waals surface area contributed by atoms with Crippen LogP contribution in [-0.2, 0) is 23.9 Å². The molecule has 13 heteroatoms. The van der Waals surface area contributed by atoms with Gasteiger partial charge in [-0.15, -0.1) is 0 Å². The lowest BCUT2D eigenvalue weighted by Gasteiger charge is -2.48. The summed E-state index contributed by atoms with van der Waals surface area (Å²) in [5, 5.41) is 3.33. The maximum atomic E-state index is 12.2. The van der Waals surface area contributed by atoms with Gasteiger partial charge in [-0.05, 0) is 105 Å². The van der Waals surface area contributed by atoms with E-state index in [1.807, 2.05) is 11.8 Å². The molecule has 306 valence electrons. The molecular weight excluding hydrogens is 688 g/mol. The zero-order chi connectivity index (χ0) is 37.8. The highest BCUT2D eigenvalue weighted by atomic mass is 16.6. The van der Waals surface area contributed by atoms with Crippen LogP contribution in [0.1, 0.15) is 125 Å². The maximum Gasteiger partial charge on any atom is 0.409 e. The summed E-state index contributed by atoms with van der Waals surface area (Å²) in [6.07, 6.45) is 13.7. The molecule has 54 heavy (non-hydrogen) atoms. The highest BCUT2D eigenvalue weighted by Crippen LogP contribution is 2.48. The average Bonchev–Trinajstić information content (AvgIpc) is 3.90. The van der Waals surface area contributed by atoms with Gasteiger partial charge in [0.05, 0.1) is 13.2 Å². The number of rotatable bonds is 5. The molecule has 0 bridgehead atoms. The molecule has 6 saturated heterocycles. The first-order valence-electron chi connectivity index (χ1n) is 20.9. The van der Waals surface area contributed by atoms with Crippen LogP contribution in [-0.4, -0.2) is 150 Å². The van der Waals surface area contributed by atoms with Gasteiger partial charge in [-0.3, -0.25) is 14.4 Å². The summed E-state index contributed by atoms with van der Waals surface area (Å²) in [4.78, 5) is 68.5. The number of hydrogen-bond donors (Lipinski definition) is 1. The summed E-state index contributed by atoms with van der Waals surface area (Å²) < 4.78 is 9.99.